The zero-order valence-electron chi connectivity index (χ0n) is 20.8. The normalized spacial score (nSPS) is 18.6. The molecular formula is C27H25N3O6S. The van der Waals surface area contributed by atoms with Crippen LogP contribution >= 0.6 is 11.3 Å². The number of hydrogen-bond donors (Lipinski definition) is 0. The quantitative estimate of drug-likeness (QED) is 0.377. The van der Waals surface area contributed by atoms with E-state index in [1.165, 1.54) is 30.9 Å². The summed E-state index contributed by atoms with van der Waals surface area (Å²) in [6, 6.07) is 10.9. The second-order valence-corrected chi connectivity index (χ2v) is 10.8. The van der Waals surface area contributed by atoms with E-state index >= 15 is 0 Å². The summed E-state index contributed by atoms with van der Waals surface area (Å²) in [4.78, 5) is 43.5. The minimum absolute atomic E-state index is 0.0530. The largest absolute Gasteiger partial charge is 0.493 e. The molecule has 3 aromatic rings. The Hall–Kier alpha value is -4.05. The molecule has 1 atom stereocenters. The highest BCUT2D eigenvalue weighted by molar-refractivity contribution is 7.07. The molecule has 2 heterocycles. The molecule has 1 aliphatic heterocycles. The van der Waals surface area contributed by atoms with Crippen molar-refractivity contribution in [3.63, 3.8) is 0 Å². The van der Waals surface area contributed by atoms with Crippen molar-refractivity contribution in [2.75, 3.05) is 14.2 Å². The Morgan fingerprint density at radius 2 is 1.84 bits per heavy atom. The van der Waals surface area contributed by atoms with Crippen LogP contribution in [0.5, 0.6) is 11.5 Å². The maximum atomic E-state index is 13.8. The van der Waals surface area contributed by atoms with Gasteiger partial charge in [0, 0.05) is 18.1 Å². The van der Waals surface area contributed by atoms with Crippen LogP contribution in [-0.2, 0) is 4.79 Å². The van der Waals surface area contributed by atoms with Gasteiger partial charge in [-0.05, 0) is 41.7 Å². The molecule has 2 aliphatic rings. The maximum Gasteiger partial charge on any atom is 0.276 e. The van der Waals surface area contributed by atoms with E-state index in [0.717, 1.165) is 11.3 Å². The molecule has 0 amide bonds. The van der Waals surface area contributed by atoms with E-state index in [1.807, 2.05) is 19.9 Å². The molecule has 0 saturated carbocycles. The van der Waals surface area contributed by atoms with Gasteiger partial charge >= 0.3 is 0 Å². The highest BCUT2D eigenvalue weighted by atomic mass is 32.1. The predicted molar refractivity (Wildman–Crippen MR) is 139 cm³/mol. The summed E-state index contributed by atoms with van der Waals surface area (Å²) < 4.78 is 12.7. The third-order valence-electron chi connectivity index (χ3n) is 6.64. The van der Waals surface area contributed by atoms with Gasteiger partial charge < -0.3 is 9.47 Å². The van der Waals surface area contributed by atoms with Gasteiger partial charge in [-0.25, -0.2) is 4.99 Å². The molecule has 10 heteroatoms. The Labute approximate surface area is 216 Å². The zero-order valence-corrected chi connectivity index (χ0v) is 21.6. The number of nitro benzene ring substituents is 1. The Morgan fingerprint density at radius 1 is 1.11 bits per heavy atom. The lowest BCUT2D eigenvalue weighted by Gasteiger charge is -2.35. The average Bonchev–Trinajstić information content (AvgIpc) is 3.16. The standard InChI is InChI=1S/C27H25N3O6S/c1-27(2)13-17-23(19(31)14-27)24(16-9-10-20(35-3)21(11-16)36-4)29-25(32)22(37-26(29)28-17)12-15-7-5-6-8-18(15)30(33)34/h5-12,24H,13-14H2,1-4H3. The second kappa shape index (κ2) is 9.11. The smallest absolute Gasteiger partial charge is 0.276 e. The number of benzene rings is 2. The van der Waals surface area contributed by atoms with Gasteiger partial charge in [0.1, 0.15) is 0 Å². The number of rotatable bonds is 5. The Kier molecular flexibility index (Phi) is 6.07. The fourth-order valence-electron chi connectivity index (χ4n) is 5.00. The molecule has 0 spiro atoms. The summed E-state index contributed by atoms with van der Waals surface area (Å²) in [5.74, 6) is 0.952. The molecule has 0 fully saturated rings. The first-order valence-electron chi connectivity index (χ1n) is 11.7. The fourth-order valence-corrected chi connectivity index (χ4v) is 6.02. The van der Waals surface area contributed by atoms with Crippen molar-refractivity contribution in [1.82, 2.24) is 4.57 Å². The topological polar surface area (TPSA) is 113 Å². The van der Waals surface area contributed by atoms with Crippen molar-refractivity contribution in [1.29, 1.82) is 0 Å². The molecule has 190 valence electrons. The van der Waals surface area contributed by atoms with Crippen molar-refractivity contribution in [3.05, 3.63) is 94.7 Å². The highest BCUT2D eigenvalue weighted by Crippen LogP contribution is 2.44. The molecule has 1 aromatic heterocycles. The van der Waals surface area contributed by atoms with Crippen LogP contribution in [0.25, 0.3) is 6.08 Å². The van der Waals surface area contributed by atoms with Crippen LogP contribution in [0.1, 0.15) is 43.9 Å². The van der Waals surface area contributed by atoms with E-state index in [9.17, 15) is 19.7 Å². The van der Waals surface area contributed by atoms with Crippen molar-refractivity contribution >= 4 is 28.9 Å². The number of thiazole rings is 1. The van der Waals surface area contributed by atoms with Crippen molar-refractivity contribution in [2.24, 2.45) is 10.4 Å². The molecule has 1 aliphatic carbocycles. The molecular weight excluding hydrogens is 494 g/mol. The van der Waals surface area contributed by atoms with E-state index in [1.54, 1.807) is 30.3 Å². The number of carbonyl (C=O) groups excluding carboxylic acids is 1. The number of methoxy groups -OCH3 is 2. The number of para-hydroxylation sites is 1. The molecule has 1 unspecified atom stereocenters. The molecule has 0 N–H and O–H groups in total. The Morgan fingerprint density at radius 3 is 2.54 bits per heavy atom. The van der Waals surface area contributed by atoms with Crippen LogP contribution in [0.4, 0.5) is 5.69 Å². The third-order valence-corrected chi connectivity index (χ3v) is 7.62. The summed E-state index contributed by atoms with van der Waals surface area (Å²) in [5.41, 5.74) is 1.44. The van der Waals surface area contributed by atoms with E-state index < -0.39 is 11.0 Å². The summed E-state index contributed by atoms with van der Waals surface area (Å²) in [6.07, 6.45) is 2.45. The lowest BCUT2D eigenvalue weighted by atomic mass is 9.73. The van der Waals surface area contributed by atoms with Gasteiger partial charge in [-0.15, -0.1) is 0 Å². The van der Waals surface area contributed by atoms with Crippen LogP contribution in [0, 0.1) is 15.5 Å². The monoisotopic (exact) mass is 519 g/mol. The number of ether oxygens (including phenoxy) is 2. The SMILES string of the molecule is COc1ccc(C2C3=C(CC(C)(C)CC3=O)N=c3sc(=Cc4ccccc4[N+](=O)[O-])c(=O)n32)cc1OC. The predicted octanol–water partition coefficient (Wildman–Crippen LogP) is 3.53. The van der Waals surface area contributed by atoms with E-state index in [2.05, 4.69) is 0 Å². The van der Waals surface area contributed by atoms with Crippen LogP contribution in [-0.4, -0.2) is 29.5 Å². The number of allylic oxidation sites excluding steroid dienone is 2. The van der Waals surface area contributed by atoms with Crippen LogP contribution in [0.2, 0.25) is 0 Å². The maximum absolute atomic E-state index is 13.8. The molecule has 9 nitrogen and oxygen atoms in total. The lowest BCUT2D eigenvalue weighted by Crippen LogP contribution is -2.42. The number of carbonyl (C=O) groups is 1. The van der Waals surface area contributed by atoms with E-state index in [4.69, 9.17) is 14.5 Å². The molecule has 5 rings (SSSR count). The summed E-state index contributed by atoms with van der Waals surface area (Å²) >= 11 is 1.15. The third kappa shape index (κ3) is 4.27. The number of aromatic nitrogens is 1. The van der Waals surface area contributed by atoms with Crippen molar-refractivity contribution in [3.8, 4) is 11.5 Å². The molecule has 2 aromatic carbocycles. The van der Waals surface area contributed by atoms with Crippen LogP contribution in [0.15, 0.2) is 63.5 Å². The van der Waals surface area contributed by atoms with Crippen molar-refractivity contribution < 1.29 is 19.2 Å². The first-order chi connectivity index (χ1) is 17.6. The molecule has 37 heavy (non-hydrogen) atoms. The van der Waals surface area contributed by atoms with Gasteiger partial charge in [0.25, 0.3) is 11.2 Å². The van der Waals surface area contributed by atoms with Crippen molar-refractivity contribution in [2.45, 2.75) is 32.7 Å². The molecule has 0 saturated heterocycles. The molecule has 0 bridgehead atoms. The number of Topliss-reactive ketones (excluding diaryl/α,β-unsaturated/α-hetero) is 1. The van der Waals surface area contributed by atoms with Gasteiger partial charge in [-0.2, -0.15) is 0 Å². The zero-order chi connectivity index (χ0) is 26.5. The minimum atomic E-state index is -0.706. The first-order valence-corrected chi connectivity index (χ1v) is 12.5. The van der Waals surface area contributed by atoms with Crippen LogP contribution in [0.3, 0.4) is 0 Å². The summed E-state index contributed by atoms with van der Waals surface area (Å²) in [7, 11) is 3.07. The van der Waals surface area contributed by atoms with E-state index in [0.29, 0.717) is 56.1 Å². The van der Waals surface area contributed by atoms with Gasteiger partial charge in [0.2, 0.25) is 0 Å². The van der Waals surface area contributed by atoms with Gasteiger partial charge in [0.05, 0.1) is 41.0 Å². The second-order valence-electron chi connectivity index (χ2n) is 9.81. The summed E-state index contributed by atoms with van der Waals surface area (Å²) in [6.45, 7) is 4.05. The fraction of sp³-hybridized carbons (Fsp3) is 0.296. The minimum Gasteiger partial charge on any atom is -0.493 e. The number of hydrogen-bond acceptors (Lipinski definition) is 8. The number of nitro groups is 1. The van der Waals surface area contributed by atoms with Gasteiger partial charge in [0.15, 0.2) is 22.1 Å². The number of nitrogens with zero attached hydrogens (tertiary/aromatic N) is 3. The van der Waals surface area contributed by atoms with Gasteiger partial charge in [-0.3, -0.25) is 24.3 Å². The van der Waals surface area contributed by atoms with E-state index in [-0.39, 0.29) is 22.4 Å². The number of ketones is 1. The Balaban J connectivity index is 1.79. The molecule has 0 radical (unpaired) electrons. The van der Waals surface area contributed by atoms with Crippen LogP contribution < -0.4 is 24.4 Å². The average molecular weight is 520 g/mol. The lowest BCUT2D eigenvalue weighted by molar-refractivity contribution is -0.385. The van der Waals surface area contributed by atoms with Gasteiger partial charge in [-0.1, -0.05) is 43.4 Å². The highest BCUT2D eigenvalue weighted by Gasteiger charge is 2.40. The summed E-state index contributed by atoms with van der Waals surface area (Å²) in [5, 5.41) is 11.5. The number of fused-ring (bicyclic) bond motifs is 1. The Bertz CT molecular complexity index is 1660. The first kappa shape index (κ1) is 24.6.